The maximum absolute atomic E-state index is 14.5. The molecule has 3 aromatic rings. The summed E-state index contributed by atoms with van der Waals surface area (Å²) in [4.78, 5) is 13.3. The van der Waals surface area contributed by atoms with Crippen LogP contribution in [0.4, 0.5) is 4.39 Å². The van der Waals surface area contributed by atoms with Crippen LogP contribution >= 0.6 is 0 Å². The summed E-state index contributed by atoms with van der Waals surface area (Å²) in [5.74, 6) is 2.40. The zero-order valence-electron chi connectivity index (χ0n) is 13.5. The third kappa shape index (κ3) is 2.31. The van der Waals surface area contributed by atoms with Crippen molar-refractivity contribution in [3.63, 3.8) is 0 Å². The second-order valence-corrected chi connectivity index (χ2v) is 6.75. The standard InChI is InChI=1S/C18H19FN4/c1-10(2)18-20-7-12(8-21-18)13-5-16-15(6-14(13)19)22-17-4-11(3)9-23(16)17/h5-8,10-11H,4,9H2,1-3H3/t11-/m0/s1. The summed E-state index contributed by atoms with van der Waals surface area (Å²) in [6.07, 6.45) is 4.37. The highest BCUT2D eigenvalue weighted by atomic mass is 19.1. The monoisotopic (exact) mass is 310 g/mol. The number of rotatable bonds is 2. The molecule has 0 aliphatic carbocycles. The first-order valence-electron chi connectivity index (χ1n) is 8.04. The summed E-state index contributed by atoms with van der Waals surface area (Å²) >= 11 is 0. The Kier molecular flexibility index (Phi) is 3.18. The van der Waals surface area contributed by atoms with E-state index < -0.39 is 0 Å². The molecule has 0 saturated heterocycles. The van der Waals surface area contributed by atoms with E-state index in [-0.39, 0.29) is 11.7 Å². The van der Waals surface area contributed by atoms with E-state index in [0.29, 0.717) is 17.0 Å². The maximum Gasteiger partial charge on any atom is 0.133 e. The van der Waals surface area contributed by atoms with E-state index in [0.717, 1.165) is 35.6 Å². The Labute approximate surface area is 134 Å². The van der Waals surface area contributed by atoms with Gasteiger partial charge in [0, 0.05) is 48.5 Å². The van der Waals surface area contributed by atoms with Crippen molar-refractivity contribution >= 4 is 11.0 Å². The first-order chi connectivity index (χ1) is 11.0. The molecule has 0 bridgehead atoms. The first kappa shape index (κ1) is 14.3. The van der Waals surface area contributed by atoms with E-state index in [1.165, 1.54) is 6.07 Å². The molecule has 0 spiro atoms. The average molecular weight is 310 g/mol. The van der Waals surface area contributed by atoms with Gasteiger partial charge in [0.15, 0.2) is 0 Å². The van der Waals surface area contributed by atoms with Gasteiger partial charge in [-0.3, -0.25) is 0 Å². The SMILES string of the molecule is CC(C)c1ncc(-c2cc3c(cc2F)nc2n3C[C@@H](C)C2)cn1. The summed E-state index contributed by atoms with van der Waals surface area (Å²) in [7, 11) is 0. The molecule has 1 aromatic carbocycles. The van der Waals surface area contributed by atoms with Gasteiger partial charge in [0.25, 0.3) is 0 Å². The highest BCUT2D eigenvalue weighted by Gasteiger charge is 2.23. The lowest BCUT2D eigenvalue weighted by molar-refractivity contribution is 0.571. The van der Waals surface area contributed by atoms with Crippen LogP contribution in [-0.2, 0) is 13.0 Å². The minimum atomic E-state index is -0.275. The summed E-state index contributed by atoms with van der Waals surface area (Å²) in [5.41, 5.74) is 2.96. The molecular formula is C18H19FN4. The second-order valence-electron chi connectivity index (χ2n) is 6.75. The number of hydrogen-bond acceptors (Lipinski definition) is 3. The molecule has 118 valence electrons. The summed E-state index contributed by atoms with van der Waals surface area (Å²) < 4.78 is 16.7. The highest BCUT2D eigenvalue weighted by Crippen LogP contribution is 2.31. The molecule has 0 amide bonds. The minimum absolute atomic E-state index is 0.260. The van der Waals surface area contributed by atoms with Gasteiger partial charge in [0.2, 0.25) is 0 Å². The lowest BCUT2D eigenvalue weighted by Crippen LogP contribution is -1.99. The second kappa shape index (κ2) is 5.11. The van der Waals surface area contributed by atoms with E-state index in [1.807, 2.05) is 19.9 Å². The fraction of sp³-hybridized carbons (Fsp3) is 0.389. The van der Waals surface area contributed by atoms with Crippen LogP contribution in [0.5, 0.6) is 0 Å². The maximum atomic E-state index is 14.5. The van der Waals surface area contributed by atoms with Gasteiger partial charge in [-0.2, -0.15) is 0 Å². The Morgan fingerprint density at radius 3 is 2.65 bits per heavy atom. The molecule has 0 saturated carbocycles. The first-order valence-corrected chi connectivity index (χ1v) is 8.04. The smallest absolute Gasteiger partial charge is 0.133 e. The molecule has 5 heteroatoms. The van der Waals surface area contributed by atoms with Gasteiger partial charge >= 0.3 is 0 Å². The largest absolute Gasteiger partial charge is 0.328 e. The third-order valence-corrected chi connectivity index (χ3v) is 4.44. The number of hydrogen-bond donors (Lipinski definition) is 0. The molecule has 1 atom stereocenters. The van der Waals surface area contributed by atoms with Crippen LogP contribution < -0.4 is 0 Å². The normalized spacial score (nSPS) is 17.2. The molecule has 0 radical (unpaired) electrons. The van der Waals surface area contributed by atoms with Gasteiger partial charge in [0.05, 0.1) is 11.0 Å². The van der Waals surface area contributed by atoms with Crippen molar-refractivity contribution in [3.05, 3.63) is 42.0 Å². The highest BCUT2D eigenvalue weighted by molar-refractivity contribution is 5.83. The summed E-state index contributed by atoms with van der Waals surface area (Å²) in [6.45, 7) is 7.24. The minimum Gasteiger partial charge on any atom is -0.328 e. The summed E-state index contributed by atoms with van der Waals surface area (Å²) in [6, 6.07) is 3.41. The van der Waals surface area contributed by atoms with Gasteiger partial charge in [-0.15, -0.1) is 0 Å². The molecule has 0 unspecified atom stereocenters. The van der Waals surface area contributed by atoms with E-state index in [1.54, 1.807) is 12.4 Å². The number of benzene rings is 1. The molecule has 4 rings (SSSR count). The number of imidazole rings is 1. The van der Waals surface area contributed by atoms with Crippen molar-refractivity contribution in [1.29, 1.82) is 0 Å². The Hall–Kier alpha value is -2.30. The van der Waals surface area contributed by atoms with Crippen LogP contribution in [0.15, 0.2) is 24.5 Å². The number of nitrogens with zero attached hydrogens (tertiary/aromatic N) is 4. The molecule has 3 heterocycles. The molecule has 4 nitrogen and oxygen atoms in total. The Balaban J connectivity index is 1.83. The van der Waals surface area contributed by atoms with Crippen LogP contribution in [0, 0.1) is 11.7 Å². The van der Waals surface area contributed by atoms with E-state index in [2.05, 4.69) is 26.4 Å². The van der Waals surface area contributed by atoms with Crippen molar-refractivity contribution in [2.75, 3.05) is 0 Å². The summed E-state index contributed by atoms with van der Waals surface area (Å²) in [5, 5.41) is 0. The Morgan fingerprint density at radius 2 is 1.96 bits per heavy atom. The quantitative estimate of drug-likeness (QED) is 0.720. The molecule has 23 heavy (non-hydrogen) atoms. The fourth-order valence-electron chi connectivity index (χ4n) is 3.24. The van der Waals surface area contributed by atoms with Crippen molar-refractivity contribution in [3.8, 4) is 11.1 Å². The zero-order valence-corrected chi connectivity index (χ0v) is 13.5. The Morgan fingerprint density at radius 1 is 1.22 bits per heavy atom. The molecule has 2 aromatic heterocycles. The van der Waals surface area contributed by atoms with Gasteiger partial charge < -0.3 is 4.57 Å². The van der Waals surface area contributed by atoms with Crippen molar-refractivity contribution in [2.45, 2.75) is 39.7 Å². The molecule has 1 aliphatic rings. The number of aromatic nitrogens is 4. The van der Waals surface area contributed by atoms with Crippen LogP contribution in [0.2, 0.25) is 0 Å². The van der Waals surface area contributed by atoms with Crippen molar-refractivity contribution in [2.24, 2.45) is 5.92 Å². The van der Waals surface area contributed by atoms with Crippen LogP contribution in [0.1, 0.15) is 38.3 Å². The third-order valence-electron chi connectivity index (χ3n) is 4.44. The van der Waals surface area contributed by atoms with Gasteiger partial charge in [-0.05, 0) is 12.0 Å². The van der Waals surface area contributed by atoms with E-state index >= 15 is 0 Å². The zero-order chi connectivity index (χ0) is 16.1. The molecule has 0 N–H and O–H groups in total. The van der Waals surface area contributed by atoms with Crippen LogP contribution in [0.25, 0.3) is 22.2 Å². The van der Waals surface area contributed by atoms with Crippen LogP contribution in [0.3, 0.4) is 0 Å². The fourth-order valence-corrected chi connectivity index (χ4v) is 3.24. The van der Waals surface area contributed by atoms with Gasteiger partial charge in [-0.25, -0.2) is 19.3 Å². The van der Waals surface area contributed by atoms with Crippen LogP contribution in [-0.4, -0.2) is 19.5 Å². The van der Waals surface area contributed by atoms with E-state index in [9.17, 15) is 4.39 Å². The predicted octanol–water partition coefficient (Wildman–Crippen LogP) is 3.95. The lowest BCUT2D eigenvalue weighted by Gasteiger charge is -2.08. The lowest BCUT2D eigenvalue weighted by atomic mass is 10.1. The van der Waals surface area contributed by atoms with Gasteiger partial charge in [-0.1, -0.05) is 20.8 Å². The topological polar surface area (TPSA) is 43.6 Å². The molecule has 1 aliphatic heterocycles. The van der Waals surface area contributed by atoms with Crippen molar-refractivity contribution < 1.29 is 4.39 Å². The van der Waals surface area contributed by atoms with Crippen molar-refractivity contribution in [1.82, 2.24) is 19.5 Å². The number of fused-ring (bicyclic) bond motifs is 3. The van der Waals surface area contributed by atoms with Gasteiger partial charge in [0.1, 0.15) is 17.5 Å². The molecular weight excluding hydrogens is 291 g/mol. The predicted molar refractivity (Wildman–Crippen MR) is 87.7 cm³/mol. The van der Waals surface area contributed by atoms with E-state index in [4.69, 9.17) is 0 Å². The number of halogens is 1. The average Bonchev–Trinajstić information content (AvgIpc) is 3.02. The Bertz CT molecular complexity index is 880. The molecule has 0 fully saturated rings.